The third-order valence-electron chi connectivity index (χ3n) is 3.23. The van der Waals surface area contributed by atoms with Gasteiger partial charge in [0.2, 0.25) is 5.91 Å². The van der Waals surface area contributed by atoms with Gasteiger partial charge in [-0.05, 0) is 41.9 Å². The molecule has 0 bridgehead atoms. The van der Waals surface area contributed by atoms with E-state index in [1.54, 1.807) is 4.57 Å². The number of carbonyl (C=O) groups excluding carboxylic acids is 1. The number of nitrogens with one attached hydrogen (secondary N) is 2. The lowest BCUT2D eigenvalue weighted by molar-refractivity contribution is -0.116. The number of benzene rings is 1. The third kappa shape index (κ3) is 4.26. The molecule has 0 unspecified atom stereocenters. The zero-order valence-electron chi connectivity index (χ0n) is 12.9. The van der Waals surface area contributed by atoms with Crippen molar-refractivity contribution < 1.29 is 18.3 Å². The average molecular weight is 417 g/mol. The summed E-state index contributed by atoms with van der Waals surface area (Å²) in [7, 11) is 0. The van der Waals surface area contributed by atoms with Gasteiger partial charge in [0, 0.05) is 5.69 Å². The van der Waals surface area contributed by atoms with Gasteiger partial charge >= 0.3 is 6.61 Å². The van der Waals surface area contributed by atoms with Crippen LogP contribution in [-0.4, -0.2) is 27.3 Å². The summed E-state index contributed by atoms with van der Waals surface area (Å²) in [5.41, 5.74) is 0.342. The SMILES string of the molecule is O=C(Cn1c(-c2cccs2)n[nH]c1=S)Nc1ccc(OC(F)F)c(Cl)c1. The fourth-order valence-electron chi connectivity index (χ4n) is 2.17. The molecule has 0 spiro atoms. The van der Waals surface area contributed by atoms with Gasteiger partial charge in [0.05, 0.1) is 9.90 Å². The molecule has 11 heteroatoms. The minimum Gasteiger partial charge on any atom is -0.433 e. The Labute approximate surface area is 160 Å². The number of ether oxygens (including phenoxy) is 1. The number of anilines is 1. The number of carbonyl (C=O) groups is 1. The summed E-state index contributed by atoms with van der Waals surface area (Å²) in [5, 5.41) is 11.3. The molecule has 2 aromatic heterocycles. The van der Waals surface area contributed by atoms with Crippen LogP contribution in [0.25, 0.3) is 10.7 Å². The Balaban J connectivity index is 1.73. The van der Waals surface area contributed by atoms with Gasteiger partial charge in [-0.25, -0.2) is 0 Å². The van der Waals surface area contributed by atoms with Crippen LogP contribution in [0.15, 0.2) is 35.7 Å². The first-order chi connectivity index (χ1) is 12.4. The maximum Gasteiger partial charge on any atom is 0.387 e. The van der Waals surface area contributed by atoms with Gasteiger partial charge in [-0.1, -0.05) is 17.7 Å². The summed E-state index contributed by atoms with van der Waals surface area (Å²) in [6, 6.07) is 7.73. The highest BCUT2D eigenvalue weighted by Crippen LogP contribution is 2.29. The van der Waals surface area contributed by atoms with Crippen LogP contribution >= 0.6 is 35.2 Å². The Morgan fingerprint density at radius 3 is 2.92 bits per heavy atom. The summed E-state index contributed by atoms with van der Waals surface area (Å²) >= 11 is 12.5. The van der Waals surface area contributed by atoms with Crippen molar-refractivity contribution in [3.8, 4) is 16.5 Å². The van der Waals surface area contributed by atoms with Crippen LogP contribution in [0.4, 0.5) is 14.5 Å². The smallest absolute Gasteiger partial charge is 0.387 e. The molecule has 0 aliphatic rings. The first kappa shape index (κ1) is 18.5. The van der Waals surface area contributed by atoms with E-state index < -0.39 is 6.61 Å². The molecule has 0 aliphatic carbocycles. The van der Waals surface area contributed by atoms with Gasteiger partial charge < -0.3 is 10.1 Å². The number of rotatable bonds is 6. The van der Waals surface area contributed by atoms with E-state index in [0.29, 0.717) is 16.3 Å². The molecular weight excluding hydrogens is 406 g/mol. The number of alkyl halides is 2. The standard InChI is InChI=1S/C15H11ClF2N4O2S2/c16-9-6-8(3-4-10(9)24-14(17)18)19-12(23)7-22-13(20-21-15(22)25)11-2-1-5-26-11/h1-6,14H,7H2,(H,19,23)(H,21,25). The van der Waals surface area contributed by atoms with Crippen molar-refractivity contribution in [3.63, 3.8) is 0 Å². The minimum atomic E-state index is -2.98. The maximum atomic E-state index is 12.3. The predicted molar refractivity (Wildman–Crippen MR) is 97.4 cm³/mol. The molecule has 6 nitrogen and oxygen atoms in total. The number of nitrogens with zero attached hydrogens (tertiary/aromatic N) is 2. The number of aromatic amines is 1. The van der Waals surface area contributed by atoms with Gasteiger partial charge in [0.15, 0.2) is 10.6 Å². The third-order valence-corrected chi connectivity index (χ3v) is 4.71. The summed E-state index contributed by atoms with van der Waals surface area (Å²) in [5.74, 6) is 0.00876. The van der Waals surface area contributed by atoms with Crippen molar-refractivity contribution in [3.05, 3.63) is 45.5 Å². The van der Waals surface area contributed by atoms with Crippen LogP contribution in [0.2, 0.25) is 5.02 Å². The van der Waals surface area contributed by atoms with Crippen molar-refractivity contribution in [2.75, 3.05) is 5.32 Å². The van der Waals surface area contributed by atoms with Crippen molar-refractivity contribution in [1.82, 2.24) is 14.8 Å². The number of hydrogen-bond donors (Lipinski definition) is 2. The van der Waals surface area contributed by atoms with Crippen LogP contribution < -0.4 is 10.1 Å². The Kier molecular flexibility index (Phi) is 5.64. The van der Waals surface area contributed by atoms with E-state index in [4.69, 9.17) is 23.8 Å². The quantitative estimate of drug-likeness (QED) is 0.578. The predicted octanol–water partition coefficient (Wildman–Crippen LogP) is 4.56. The molecule has 0 saturated heterocycles. The fraction of sp³-hybridized carbons (Fsp3) is 0.133. The number of thiophene rings is 1. The molecule has 0 fully saturated rings. The van der Waals surface area contributed by atoms with E-state index in [0.717, 1.165) is 4.88 Å². The molecule has 3 aromatic rings. The summed E-state index contributed by atoms with van der Waals surface area (Å²) in [6.45, 7) is -3.05. The largest absolute Gasteiger partial charge is 0.433 e. The van der Waals surface area contributed by atoms with Crippen molar-refractivity contribution >= 4 is 46.8 Å². The van der Waals surface area contributed by atoms with Crippen LogP contribution in [-0.2, 0) is 11.3 Å². The van der Waals surface area contributed by atoms with Gasteiger partial charge in [-0.2, -0.15) is 13.9 Å². The number of aromatic nitrogens is 3. The molecule has 0 saturated carbocycles. The van der Waals surface area contributed by atoms with Gasteiger partial charge in [0.25, 0.3) is 0 Å². The second-order valence-electron chi connectivity index (χ2n) is 4.99. The zero-order valence-corrected chi connectivity index (χ0v) is 15.3. The topological polar surface area (TPSA) is 71.9 Å². The lowest BCUT2D eigenvalue weighted by atomic mass is 10.3. The van der Waals surface area contributed by atoms with Crippen LogP contribution in [0.3, 0.4) is 0 Å². The molecule has 3 rings (SSSR count). The van der Waals surface area contributed by atoms with E-state index in [1.165, 1.54) is 29.5 Å². The molecule has 2 N–H and O–H groups in total. The fourth-order valence-corrected chi connectivity index (χ4v) is 3.32. The second kappa shape index (κ2) is 7.94. The number of hydrogen-bond acceptors (Lipinski definition) is 5. The highest BCUT2D eigenvalue weighted by molar-refractivity contribution is 7.71. The highest BCUT2D eigenvalue weighted by atomic mass is 35.5. The number of halogens is 3. The Bertz CT molecular complexity index is 972. The first-order valence-electron chi connectivity index (χ1n) is 7.17. The van der Waals surface area contributed by atoms with Crippen LogP contribution in [0.1, 0.15) is 0 Å². The van der Waals surface area contributed by atoms with E-state index in [2.05, 4.69) is 20.3 Å². The molecule has 26 heavy (non-hydrogen) atoms. The van der Waals surface area contributed by atoms with Crippen LogP contribution in [0.5, 0.6) is 5.75 Å². The summed E-state index contributed by atoms with van der Waals surface area (Å²) in [4.78, 5) is 13.2. The summed E-state index contributed by atoms with van der Waals surface area (Å²) in [6.07, 6.45) is 0. The molecule has 2 heterocycles. The Morgan fingerprint density at radius 1 is 1.46 bits per heavy atom. The maximum absolute atomic E-state index is 12.3. The highest BCUT2D eigenvalue weighted by Gasteiger charge is 2.14. The molecule has 0 atom stereocenters. The minimum absolute atomic E-state index is 0.0395. The van der Waals surface area contributed by atoms with Crippen molar-refractivity contribution in [1.29, 1.82) is 0 Å². The lowest BCUT2D eigenvalue weighted by Gasteiger charge is -2.10. The van der Waals surface area contributed by atoms with Gasteiger partial charge in [-0.15, -0.1) is 11.3 Å². The van der Waals surface area contributed by atoms with Gasteiger partial charge in [-0.3, -0.25) is 14.5 Å². The van der Waals surface area contributed by atoms with Gasteiger partial charge in [0.1, 0.15) is 12.3 Å². The molecule has 1 amide bonds. The summed E-state index contributed by atoms with van der Waals surface area (Å²) < 4.78 is 30.6. The van der Waals surface area contributed by atoms with E-state index >= 15 is 0 Å². The van der Waals surface area contributed by atoms with E-state index in [-0.39, 0.29) is 23.2 Å². The molecule has 0 radical (unpaired) electrons. The first-order valence-corrected chi connectivity index (χ1v) is 8.84. The zero-order chi connectivity index (χ0) is 18.7. The monoisotopic (exact) mass is 416 g/mol. The van der Waals surface area contributed by atoms with Crippen molar-refractivity contribution in [2.24, 2.45) is 0 Å². The van der Waals surface area contributed by atoms with E-state index in [9.17, 15) is 13.6 Å². The lowest BCUT2D eigenvalue weighted by Crippen LogP contribution is -2.19. The molecule has 136 valence electrons. The second-order valence-corrected chi connectivity index (χ2v) is 6.73. The molecule has 1 aromatic carbocycles. The Morgan fingerprint density at radius 2 is 2.27 bits per heavy atom. The molecule has 0 aliphatic heterocycles. The van der Waals surface area contributed by atoms with Crippen molar-refractivity contribution in [2.45, 2.75) is 13.2 Å². The molecular formula is C15H11ClF2N4O2S2. The normalized spacial score (nSPS) is 10.9. The number of H-pyrrole nitrogens is 1. The van der Waals surface area contributed by atoms with E-state index in [1.807, 2.05) is 17.5 Å². The average Bonchev–Trinajstić information content (AvgIpc) is 3.20. The van der Waals surface area contributed by atoms with Crippen LogP contribution in [0, 0.1) is 4.77 Å². The Hall–Kier alpha value is -2.30. The number of amides is 1.